The van der Waals surface area contributed by atoms with Crippen molar-refractivity contribution < 1.29 is 9.47 Å². The van der Waals surface area contributed by atoms with Gasteiger partial charge < -0.3 is 24.7 Å². The van der Waals surface area contributed by atoms with Crippen LogP contribution in [0, 0.1) is 0 Å². The maximum absolute atomic E-state index is 5.51. The average Bonchev–Trinajstić information content (AvgIpc) is 2.98. The highest BCUT2D eigenvalue weighted by Crippen LogP contribution is 2.30. The highest BCUT2D eigenvalue weighted by atomic mass is 16.5. The van der Waals surface area contributed by atoms with Crippen molar-refractivity contribution in [1.82, 2.24) is 20.1 Å². The van der Waals surface area contributed by atoms with Gasteiger partial charge in [-0.25, -0.2) is 0 Å². The third kappa shape index (κ3) is 4.35. The summed E-state index contributed by atoms with van der Waals surface area (Å²) in [7, 11) is 5.21. The van der Waals surface area contributed by atoms with Gasteiger partial charge in [0.15, 0.2) is 23.3 Å². The molecule has 1 heterocycles. The van der Waals surface area contributed by atoms with Crippen molar-refractivity contribution in [3.05, 3.63) is 30.4 Å². The quantitative estimate of drug-likeness (QED) is 0.619. The monoisotopic (exact) mass is 318 g/mol. The maximum Gasteiger partial charge on any atom is 0.195 e. The molecule has 124 valence electrons. The molecule has 0 atom stereocenters. The summed E-state index contributed by atoms with van der Waals surface area (Å²) in [4.78, 5) is 4.19. The summed E-state index contributed by atoms with van der Waals surface area (Å²) in [6.45, 7) is 3.04. The van der Waals surface area contributed by atoms with Gasteiger partial charge in [0.2, 0.25) is 0 Å². The van der Waals surface area contributed by atoms with E-state index in [0.717, 1.165) is 11.5 Å². The molecule has 1 aromatic carbocycles. The molecule has 2 aromatic rings. The minimum Gasteiger partial charge on any atom is -0.493 e. The van der Waals surface area contributed by atoms with Gasteiger partial charge in [0.1, 0.15) is 6.33 Å². The van der Waals surface area contributed by atoms with E-state index in [-0.39, 0.29) is 0 Å². The number of guanidine groups is 1. The van der Waals surface area contributed by atoms with E-state index in [1.165, 1.54) is 0 Å². The molecule has 0 fully saturated rings. The van der Waals surface area contributed by atoms with Crippen molar-refractivity contribution in [2.24, 2.45) is 12.0 Å². The smallest absolute Gasteiger partial charge is 0.195 e. The second kappa shape index (κ2) is 8.02. The largest absolute Gasteiger partial charge is 0.493 e. The fourth-order valence-corrected chi connectivity index (χ4v) is 1.97. The Morgan fingerprint density at radius 1 is 1.35 bits per heavy atom. The maximum atomic E-state index is 5.51. The zero-order valence-electron chi connectivity index (χ0n) is 13.8. The summed E-state index contributed by atoms with van der Waals surface area (Å²) < 4.78 is 12.7. The van der Waals surface area contributed by atoms with Crippen molar-refractivity contribution in [2.45, 2.75) is 13.5 Å². The predicted octanol–water partition coefficient (Wildman–Crippen LogP) is 1.41. The first-order valence-corrected chi connectivity index (χ1v) is 7.29. The number of ether oxygens (including phenoxy) is 2. The van der Waals surface area contributed by atoms with Crippen molar-refractivity contribution in [2.75, 3.05) is 26.1 Å². The Bertz CT molecular complexity index is 668. The summed E-state index contributed by atoms with van der Waals surface area (Å²) in [6, 6.07) is 5.63. The lowest BCUT2D eigenvalue weighted by atomic mass is 10.2. The number of benzene rings is 1. The molecule has 2 N–H and O–H groups in total. The first-order chi connectivity index (χ1) is 11.2. The third-order valence-corrected chi connectivity index (χ3v) is 3.17. The Morgan fingerprint density at radius 3 is 2.78 bits per heavy atom. The molecule has 0 bridgehead atoms. The lowest BCUT2D eigenvalue weighted by molar-refractivity contribution is 0.311. The minimum atomic E-state index is 0.518. The summed E-state index contributed by atoms with van der Waals surface area (Å²) in [5.74, 6) is 2.82. The molecule has 0 aliphatic carbocycles. The molecule has 0 unspecified atom stereocenters. The van der Waals surface area contributed by atoms with Gasteiger partial charge in [0.25, 0.3) is 0 Å². The number of anilines is 1. The fraction of sp³-hybridized carbons (Fsp3) is 0.400. The van der Waals surface area contributed by atoms with Crippen molar-refractivity contribution in [1.29, 1.82) is 0 Å². The van der Waals surface area contributed by atoms with Crippen LogP contribution in [0.4, 0.5) is 5.69 Å². The number of aryl methyl sites for hydroxylation is 1. The van der Waals surface area contributed by atoms with E-state index in [0.29, 0.717) is 30.6 Å². The zero-order chi connectivity index (χ0) is 16.7. The molecule has 8 nitrogen and oxygen atoms in total. The van der Waals surface area contributed by atoms with Crippen molar-refractivity contribution in [3.63, 3.8) is 0 Å². The van der Waals surface area contributed by atoms with Crippen molar-refractivity contribution in [3.8, 4) is 11.5 Å². The number of aliphatic imine (C=N–C) groups is 1. The number of aromatic nitrogens is 3. The van der Waals surface area contributed by atoms with Crippen LogP contribution in [0.3, 0.4) is 0 Å². The van der Waals surface area contributed by atoms with Crippen LogP contribution in [-0.2, 0) is 13.6 Å². The van der Waals surface area contributed by atoms with Crippen LogP contribution in [0.5, 0.6) is 11.5 Å². The van der Waals surface area contributed by atoms with Gasteiger partial charge in [-0.3, -0.25) is 4.99 Å². The van der Waals surface area contributed by atoms with Gasteiger partial charge in [-0.05, 0) is 19.1 Å². The number of rotatable bonds is 6. The van der Waals surface area contributed by atoms with E-state index in [1.54, 1.807) is 20.5 Å². The van der Waals surface area contributed by atoms with Crippen LogP contribution in [0.2, 0.25) is 0 Å². The van der Waals surface area contributed by atoms with E-state index in [1.807, 2.05) is 36.7 Å². The molecule has 0 radical (unpaired) electrons. The standard InChI is InChI=1S/C15H22N6O2/c1-5-23-12-7-6-11(8-13(12)22-4)19-15(16-2)17-9-14-20-18-10-21(14)3/h6-8,10H,5,9H2,1-4H3,(H2,16,17,19). The average molecular weight is 318 g/mol. The van der Waals surface area contributed by atoms with Crippen LogP contribution in [0.15, 0.2) is 29.5 Å². The van der Waals surface area contributed by atoms with Crippen LogP contribution >= 0.6 is 0 Å². The van der Waals surface area contributed by atoms with Gasteiger partial charge >= 0.3 is 0 Å². The van der Waals surface area contributed by atoms with Crippen LogP contribution < -0.4 is 20.1 Å². The van der Waals surface area contributed by atoms with E-state index in [9.17, 15) is 0 Å². The van der Waals surface area contributed by atoms with Crippen LogP contribution in [0.1, 0.15) is 12.7 Å². The normalized spacial score (nSPS) is 11.2. The third-order valence-electron chi connectivity index (χ3n) is 3.17. The molecule has 0 aliphatic heterocycles. The molecule has 0 spiro atoms. The van der Waals surface area contributed by atoms with E-state index >= 15 is 0 Å². The number of nitrogens with zero attached hydrogens (tertiary/aromatic N) is 4. The SMILES string of the molecule is CCOc1ccc(NC(=NC)NCc2nncn2C)cc1OC. The molecule has 0 amide bonds. The van der Waals surface area contributed by atoms with Gasteiger partial charge in [0, 0.05) is 25.8 Å². The van der Waals surface area contributed by atoms with Gasteiger partial charge in [-0.1, -0.05) is 0 Å². The van der Waals surface area contributed by atoms with Gasteiger partial charge in [-0.2, -0.15) is 0 Å². The molecule has 23 heavy (non-hydrogen) atoms. The van der Waals surface area contributed by atoms with Gasteiger partial charge in [-0.15, -0.1) is 10.2 Å². The Morgan fingerprint density at radius 2 is 2.17 bits per heavy atom. The van der Waals surface area contributed by atoms with Gasteiger partial charge in [0.05, 0.1) is 20.3 Å². The molecule has 8 heteroatoms. The highest BCUT2D eigenvalue weighted by molar-refractivity contribution is 5.93. The molecule has 2 rings (SSSR count). The highest BCUT2D eigenvalue weighted by Gasteiger charge is 2.07. The second-order valence-electron chi connectivity index (χ2n) is 4.71. The summed E-state index contributed by atoms with van der Waals surface area (Å²) in [6.07, 6.45) is 1.66. The number of hydrogen-bond acceptors (Lipinski definition) is 5. The second-order valence-corrected chi connectivity index (χ2v) is 4.71. The summed E-state index contributed by atoms with van der Waals surface area (Å²) in [5, 5.41) is 14.2. The zero-order valence-corrected chi connectivity index (χ0v) is 13.8. The molecule has 0 saturated heterocycles. The van der Waals surface area contributed by atoms with E-state index in [4.69, 9.17) is 9.47 Å². The lowest BCUT2D eigenvalue weighted by Crippen LogP contribution is -2.31. The number of hydrogen-bond donors (Lipinski definition) is 2. The van der Waals surface area contributed by atoms with Crippen LogP contribution in [-0.4, -0.2) is 41.5 Å². The molecule has 0 aliphatic rings. The Hall–Kier alpha value is -2.77. The van der Waals surface area contributed by atoms with Crippen LogP contribution in [0.25, 0.3) is 0 Å². The Labute approximate surface area is 135 Å². The molecular formula is C15H22N6O2. The minimum absolute atomic E-state index is 0.518. The Balaban J connectivity index is 2.02. The van der Waals surface area contributed by atoms with E-state index in [2.05, 4.69) is 25.8 Å². The fourth-order valence-electron chi connectivity index (χ4n) is 1.97. The number of methoxy groups -OCH3 is 1. The summed E-state index contributed by atoms with van der Waals surface area (Å²) >= 11 is 0. The first-order valence-electron chi connectivity index (χ1n) is 7.29. The first kappa shape index (κ1) is 16.6. The van der Waals surface area contributed by atoms with E-state index < -0.39 is 0 Å². The van der Waals surface area contributed by atoms with Crippen molar-refractivity contribution >= 4 is 11.6 Å². The molecule has 1 aromatic heterocycles. The lowest BCUT2D eigenvalue weighted by Gasteiger charge is -2.14. The summed E-state index contributed by atoms with van der Waals surface area (Å²) in [5.41, 5.74) is 0.844. The Kier molecular flexibility index (Phi) is 5.79. The number of nitrogens with one attached hydrogen (secondary N) is 2. The predicted molar refractivity (Wildman–Crippen MR) is 89.0 cm³/mol. The topological polar surface area (TPSA) is 85.6 Å². The molecular weight excluding hydrogens is 296 g/mol. The molecule has 0 saturated carbocycles.